The standard InChI is InChI=1S/C26H24ClN5O6/c1-4-38-25(34)21(32-35)22(33)20-15(6-5-7-18(20)27)8-9-16-10-14(12-19(36-2)23(16)37-3)11-17-13-30-26(29)31-24(17)28/h5-7,10,12-13,35H,4,11H2,1-3H3,(H4,28,29,30,31). The summed E-state index contributed by atoms with van der Waals surface area (Å²) in [4.78, 5) is 33.1. The summed E-state index contributed by atoms with van der Waals surface area (Å²) in [5.74, 6) is 4.89. The first-order valence-corrected chi connectivity index (χ1v) is 11.5. The predicted molar refractivity (Wildman–Crippen MR) is 141 cm³/mol. The monoisotopic (exact) mass is 537 g/mol. The summed E-state index contributed by atoms with van der Waals surface area (Å²) in [5.41, 5.74) is 12.6. The Morgan fingerprint density at radius 1 is 1.13 bits per heavy atom. The first-order valence-electron chi connectivity index (χ1n) is 11.1. The van der Waals surface area contributed by atoms with Crippen molar-refractivity contribution in [3.63, 3.8) is 0 Å². The molecule has 0 amide bonds. The van der Waals surface area contributed by atoms with Gasteiger partial charge in [-0.2, -0.15) is 4.98 Å². The second kappa shape index (κ2) is 12.4. The molecule has 0 saturated heterocycles. The number of ether oxygens (including phenoxy) is 3. The highest BCUT2D eigenvalue weighted by molar-refractivity contribution is 6.68. The van der Waals surface area contributed by atoms with Crippen LogP contribution in [0.25, 0.3) is 0 Å². The van der Waals surface area contributed by atoms with Gasteiger partial charge in [0.2, 0.25) is 17.4 Å². The third-order valence-electron chi connectivity index (χ3n) is 5.21. The SMILES string of the molecule is CCOC(=O)C(=NO)C(=O)c1c(Cl)cccc1C#Cc1cc(Cc2cnc(N)nc2N)cc(OC)c1OC. The molecule has 196 valence electrons. The molecular formula is C26H24ClN5O6. The molecule has 38 heavy (non-hydrogen) atoms. The van der Waals surface area contributed by atoms with Crippen molar-refractivity contribution in [2.24, 2.45) is 5.16 Å². The smallest absolute Gasteiger partial charge is 0.364 e. The topological polar surface area (TPSA) is 172 Å². The maximum atomic E-state index is 13.1. The Kier molecular flexibility index (Phi) is 9.08. The second-order valence-electron chi connectivity index (χ2n) is 7.60. The number of aromatic nitrogens is 2. The molecule has 1 heterocycles. The minimum atomic E-state index is -1.09. The number of Topliss-reactive ketones (excluding diaryl/α,β-unsaturated/α-hetero) is 1. The Hall–Kier alpha value is -4.82. The van der Waals surface area contributed by atoms with Gasteiger partial charge in [-0.05, 0) is 36.8 Å². The number of rotatable bonds is 8. The van der Waals surface area contributed by atoms with Crippen molar-refractivity contribution in [1.29, 1.82) is 0 Å². The number of carbonyl (C=O) groups is 2. The molecule has 0 spiro atoms. The van der Waals surface area contributed by atoms with Crippen molar-refractivity contribution in [2.75, 3.05) is 32.3 Å². The summed E-state index contributed by atoms with van der Waals surface area (Å²) in [6.07, 6.45) is 1.88. The molecule has 0 atom stereocenters. The van der Waals surface area contributed by atoms with E-state index < -0.39 is 17.5 Å². The molecule has 3 aromatic rings. The van der Waals surface area contributed by atoms with E-state index in [0.717, 1.165) is 5.56 Å². The van der Waals surface area contributed by atoms with Crippen molar-refractivity contribution in [2.45, 2.75) is 13.3 Å². The highest BCUT2D eigenvalue weighted by atomic mass is 35.5. The maximum Gasteiger partial charge on any atom is 0.364 e. The summed E-state index contributed by atoms with van der Waals surface area (Å²) in [7, 11) is 2.95. The van der Waals surface area contributed by atoms with Gasteiger partial charge in [-0.25, -0.2) is 9.78 Å². The lowest BCUT2D eigenvalue weighted by molar-refractivity contribution is -0.135. The third kappa shape index (κ3) is 6.11. The lowest BCUT2D eigenvalue weighted by Gasteiger charge is -2.13. The van der Waals surface area contributed by atoms with Gasteiger partial charge in [0, 0.05) is 23.7 Å². The van der Waals surface area contributed by atoms with Crippen LogP contribution in [-0.4, -0.2) is 53.5 Å². The highest BCUT2D eigenvalue weighted by Gasteiger charge is 2.28. The number of nitrogen functional groups attached to an aromatic ring is 2. The zero-order valence-corrected chi connectivity index (χ0v) is 21.5. The van der Waals surface area contributed by atoms with Crippen molar-refractivity contribution in [1.82, 2.24) is 9.97 Å². The Morgan fingerprint density at radius 2 is 1.87 bits per heavy atom. The van der Waals surface area contributed by atoms with Crippen LogP contribution >= 0.6 is 11.6 Å². The average molecular weight is 538 g/mol. The molecule has 0 bridgehead atoms. The van der Waals surface area contributed by atoms with Crippen LogP contribution in [0.15, 0.2) is 41.7 Å². The van der Waals surface area contributed by atoms with E-state index in [-0.39, 0.29) is 34.5 Å². The van der Waals surface area contributed by atoms with E-state index in [1.165, 1.54) is 32.5 Å². The number of methoxy groups -OCH3 is 2. The number of benzene rings is 2. The molecule has 0 aliphatic rings. The van der Waals surface area contributed by atoms with Crippen LogP contribution < -0.4 is 20.9 Å². The fourth-order valence-corrected chi connectivity index (χ4v) is 3.76. The van der Waals surface area contributed by atoms with Crippen molar-refractivity contribution in [3.05, 3.63) is 69.4 Å². The van der Waals surface area contributed by atoms with Crippen LogP contribution in [0.2, 0.25) is 5.02 Å². The van der Waals surface area contributed by atoms with Gasteiger partial charge in [0.15, 0.2) is 11.5 Å². The quantitative estimate of drug-likeness (QED) is 0.0737. The van der Waals surface area contributed by atoms with Crippen molar-refractivity contribution >= 4 is 40.8 Å². The van der Waals surface area contributed by atoms with Crippen molar-refractivity contribution < 1.29 is 29.0 Å². The molecular weight excluding hydrogens is 514 g/mol. The Bertz CT molecular complexity index is 1480. The lowest BCUT2D eigenvalue weighted by Crippen LogP contribution is -2.27. The number of halogens is 1. The number of esters is 1. The summed E-state index contributed by atoms with van der Waals surface area (Å²) in [5, 5.41) is 12.1. The Balaban J connectivity index is 2.10. The largest absolute Gasteiger partial charge is 0.493 e. The molecule has 11 nitrogen and oxygen atoms in total. The number of anilines is 2. The number of carbonyl (C=O) groups excluding carboxylic acids is 2. The summed E-state index contributed by atoms with van der Waals surface area (Å²) >= 11 is 6.28. The van der Waals surface area contributed by atoms with Gasteiger partial charge < -0.3 is 30.9 Å². The average Bonchev–Trinajstić information content (AvgIpc) is 2.89. The van der Waals surface area contributed by atoms with Gasteiger partial charge in [-0.15, -0.1) is 0 Å². The van der Waals surface area contributed by atoms with Crippen LogP contribution in [0, 0.1) is 11.8 Å². The van der Waals surface area contributed by atoms with E-state index >= 15 is 0 Å². The molecule has 12 heteroatoms. The van der Waals surface area contributed by atoms with E-state index in [2.05, 4.69) is 27.0 Å². The van der Waals surface area contributed by atoms with E-state index in [1.807, 2.05) is 0 Å². The Labute approximate surface area is 223 Å². The van der Waals surface area contributed by atoms with Gasteiger partial charge >= 0.3 is 5.97 Å². The van der Waals surface area contributed by atoms with E-state index in [1.54, 1.807) is 25.1 Å². The molecule has 3 rings (SSSR count). The lowest BCUT2D eigenvalue weighted by atomic mass is 9.99. The maximum absolute atomic E-state index is 13.1. The molecule has 1 aromatic heterocycles. The van der Waals surface area contributed by atoms with Gasteiger partial charge in [-0.3, -0.25) is 4.79 Å². The molecule has 0 aliphatic carbocycles. The van der Waals surface area contributed by atoms with Crippen LogP contribution in [0.4, 0.5) is 11.8 Å². The van der Waals surface area contributed by atoms with Crippen molar-refractivity contribution in [3.8, 4) is 23.3 Å². The minimum absolute atomic E-state index is 0.00405. The molecule has 0 saturated carbocycles. The zero-order valence-electron chi connectivity index (χ0n) is 20.7. The van der Waals surface area contributed by atoms with Gasteiger partial charge in [0.25, 0.3) is 0 Å². The van der Waals surface area contributed by atoms with Gasteiger partial charge in [-0.1, -0.05) is 34.7 Å². The van der Waals surface area contributed by atoms with Crippen LogP contribution in [0.3, 0.4) is 0 Å². The summed E-state index contributed by atoms with van der Waals surface area (Å²) in [6, 6.07) is 8.09. The number of oxime groups is 1. The minimum Gasteiger partial charge on any atom is -0.493 e. The molecule has 0 fully saturated rings. The summed E-state index contributed by atoms with van der Waals surface area (Å²) < 4.78 is 15.8. The third-order valence-corrected chi connectivity index (χ3v) is 5.52. The molecule has 0 unspecified atom stereocenters. The molecule has 2 aromatic carbocycles. The number of ketones is 1. The normalized spacial score (nSPS) is 10.8. The highest BCUT2D eigenvalue weighted by Crippen LogP contribution is 2.33. The number of hydrogen-bond acceptors (Lipinski definition) is 11. The van der Waals surface area contributed by atoms with Gasteiger partial charge in [0.05, 0.1) is 37.0 Å². The van der Waals surface area contributed by atoms with E-state index in [0.29, 0.717) is 29.0 Å². The van der Waals surface area contributed by atoms with E-state index in [9.17, 15) is 14.8 Å². The molecule has 5 N–H and O–H groups in total. The van der Waals surface area contributed by atoms with E-state index in [4.69, 9.17) is 37.3 Å². The first kappa shape index (κ1) is 27.8. The fourth-order valence-electron chi connectivity index (χ4n) is 3.50. The van der Waals surface area contributed by atoms with Gasteiger partial charge in [0.1, 0.15) is 5.82 Å². The molecule has 0 aliphatic heterocycles. The number of nitrogens with zero attached hydrogens (tertiary/aromatic N) is 3. The number of nitrogens with two attached hydrogens (primary N) is 2. The second-order valence-corrected chi connectivity index (χ2v) is 8.01. The fraction of sp³-hybridized carbons (Fsp3) is 0.192. The van der Waals surface area contributed by atoms with Crippen LogP contribution in [-0.2, 0) is 16.0 Å². The van der Waals surface area contributed by atoms with Crippen LogP contribution in [0.5, 0.6) is 11.5 Å². The summed E-state index contributed by atoms with van der Waals surface area (Å²) in [6.45, 7) is 1.53. The number of hydrogen-bond donors (Lipinski definition) is 3. The first-order chi connectivity index (χ1) is 18.2. The Morgan fingerprint density at radius 3 is 2.50 bits per heavy atom. The predicted octanol–water partition coefficient (Wildman–Crippen LogP) is 2.88. The zero-order chi connectivity index (χ0) is 27.8. The molecule has 0 radical (unpaired) electrons. The van der Waals surface area contributed by atoms with Crippen LogP contribution in [0.1, 0.15) is 39.5 Å².